The number of amides is 2. The van der Waals surface area contributed by atoms with E-state index in [0.717, 1.165) is 5.56 Å². The van der Waals surface area contributed by atoms with E-state index in [9.17, 15) is 22.8 Å². The minimum atomic E-state index is -3.93. The molecule has 1 heterocycles. The maximum absolute atomic E-state index is 12.8. The van der Waals surface area contributed by atoms with E-state index in [1.54, 1.807) is 25.1 Å². The van der Waals surface area contributed by atoms with Gasteiger partial charge < -0.3 is 15.4 Å². The Balaban J connectivity index is 1.65. The Labute approximate surface area is 193 Å². The Hall–Kier alpha value is -3.40. The zero-order valence-electron chi connectivity index (χ0n) is 18.5. The monoisotopic (exact) mass is 473 g/mol. The van der Waals surface area contributed by atoms with E-state index in [1.165, 1.54) is 23.1 Å². The maximum Gasteiger partial charge on any atom is 0.338 e. The normalized spacial score (nSPS) is 14.5. The predicted molar refractivity (Wildman–Crippen MR) is 122 cm³/mol. The molecular weight excluding hydrogens is 446 g/mol. The average Bonchev–Trinajstić information content (AvgIpc) is 2.77. The summed E-state index contributed by atoms with van der Waals surface area (Å²) in [6.45, 7) is 3.75. The summed E-state index contributed by atoms with van der Waals surface area (Å²) in [4.78, 5) is 37.7. The van der Waals surface area contributed by atoms with Gasteiger partial charge in [-0.3, -0.25) is 14.3 Å². The fourth-order valence-corrected chi connectivity index (χ4v) is 4.70. The molecule has 3 N–H and O–H groups in total. The molecule has 9 nitrogen and oxygen atoms in total. The number of carbonyl (C=O) groups excluding carboxylic acids is 3. The molecule has 0 aromatic heterocycles. The molecule has 0 spiro atoms. The molecule has 1 saturated heterocycles. The number of likely N-dealkylation sites (tertiary alicyclic amines) is 1. The second kappa shape index (κ2) is 10.0. The highest BCUT2D eigenvalue weighted by Gasteiger charge is 2.27. The van der Waals surface area contributed by atoms with Crippen LogP contribution in [-0.2, 0) is 24.3 Å². The number of esters is 1. The summed E-state index contributed by atoms with van der Waals surface area (Å²) in [5, 5.41) is 0. The van der Waals surface area contributed by atoms with E-state index in [2.05, 4.69) is 4.72 Å². The van der Waals surface area contributed by atoms with Gasteiger partial charge in [0.2, 0.25) is 5.91 Å². The number of ether oxygens (including phenoxy) is 1. The molecule has 3 rings (SSSR count). The van der Waals surface area contributed by atoms with Crippen LogP contribution in [-0.4, -0.2) is 50.8 Å². The number of nitrogens with zero attached hydrogens (tertiary/aromatic N) is 1. The van der Waals surface area contributed by atoms with Crippen molar-refractivity contribution in [3.05, 3.63) is 59.2 Å². The molecular formula is C23H27N3O6S. The SMILES string of the molecule is Cc1cccc(NS(=O)(=O)c2ccc(C)c(C(=O)OCC(=O)N3CCC(C(N)=O)CC3)c2)c1. The quantitative estimate of drug-likeness (QED) is 0.590. The number of anilines is 1. The van der Waals surface area contributed by atoms with Gasteiger partial charge in [0.1, 0.15) is 0 Å². The second-order valence-corrected chi connectivity index (χ2v) is 9.77. The van der Waals surface area contributed by atoms with Crippen LogP contribution in [0.5, 0.6) is 0 Å². The summed E-state index contributed by atoms with van der Waals surface area (Å²) in [6, 6.07) is 11.1. The van der Waals surface area contributed by atoms with Gasteiger partial charge in [-0.1, -0.05) is 18.2 Å². The van der Waals surface area contributed by atoms with Gasteiger partial charge in [0.15, 0.2) is 6.61 Å². The molecule has 0 aliphatic carbocycles. The number of sulfonamides is 1. The summed E-state index contributed by atoms with van der Waals surface area (Å²) in [7, 11) is -3.93. The number of piperidine rings is 1. The smallest absolute Gasteiger partial charge is 0.338 e. The molecule has 2 aromatic rings. The van der Waals surface area contributed by atoms with Crippen molar-refractivity contribution < 1.29 is 27.5 Å². The molecule has 10 heteroatoms. The van der Waals surface area contributed by atoms with E-state index in [1.807, 2.05) is 13.0 Å². The number of primary amides is 1. The van der Waals surface area contributed by atoms with E-state index < -0.39 is 22.6 Å². The van der Waals surface area contributed by atoms with E-state index in [4.69, 9.17) is 10.5 Å². The molecule has 0 unspecified atom stereocenters. The summed E-state index contributed by atoms with van der Waals surface area (Å²) in [5.41, 5.74) is 7.18. The Bertz CT molecular complexity index is 1170. The summed E-state index contributed by atoms with van der Waals surface area (Å²) in [5.74, 6) is -1.80. The van der Waals surface area contributed by atoms with E-state index in [0.29, 0.717) is 37.2 Å². The van der Waals surface area contributed by atoms with Crippen LogP contribution in [0.25, 0.3) is 0 Å². The zero-order chi connectivity index (χ0) is 24.2. The van der Waals surface area contributed by atoms with Crippen LogP contribution >= 0.6 is 0 Å². The van der Waals surface area contributed by atoms with Crippen molar-refractivity contribution in [2.24, 2.45) is 11.7 Å². The molecule has 0 bridgehead atoms. The Kier molecular flexibility index (Phi) is 7.37. The fourth-order valence-electron chi connectivity index (χ4n) is 3.62. The number of hydrogen-bond donors (Lipinski definition) is 2. The average molecular weight is 474 g/mol. The number of nitrogens with two attached hydrogens (primary N) is 1. The van der Waals surface area contributed by atoms with Crippen molar-refractivity contribution in [3.63, 3.8) is 0 Å². The van der Waals surface area contributed by atoms with Gasteiger partial charge in [-0.2, -0.15) is 0 Å². The molecule has 33 heavy (non-hydrogen) atoms. The summed E-state index contributed by atoms with van der Waals surface area (Å²) < 4.78 is 33.2. The van der Waals surface area contributed by atoms with Gasteiger partial charge in [0.25, 0.3) is 15.9 Å². The second-order valence-electron chi connectivity index (χ2n) is 8.09. The zero-order valence-corrected chi connectivity index (χ0v) is 19.4. The number of aryl methyl sites for hydroxylation is 2. The third-order valence-corrected chi connectivity index (χ3v) is 6.97. The summed E-state index contributed by atoms with van der Waals surface area (Å²) >= 11 is 0. The molecule has 2 amide bonds. The molecule has 1 aliphatic heterocycles. The van der Waals surface area contributed by atoms with Crippen LogP contribution < -0.4 is 10.5 Å². The highest BCUT2D eigenvalue weighted by Crippen LogP contribution is 2.21. The number of rotatable bonds is 7. The van der Waals surface area contributed by atoms with Crippen LogP contribution in [0.15, 0.2) is 47.4 Å². The minimum Gasteiger partial charge on any atom is -0.452 e. The number of hydrogen-bond acceptors (Lipinski definition) is 6. The lowest BCUT2D eigenvalue weighted by Crippen LogP contribution is -2.43. The Morgan fingerprint density at radius 2 is 1.79 bits per heavy atom. The first-order valence-electron chi connectivity index (χ1n) is 10.5. The Morgan fingerprint density at radius 3 is 2.42 bits per heavy atom. The lowest BCUT2D eigenvalue weighted by Gasteiger charge is -2.30. The first kappa shape index (κ1) is 24.2. The summed E-state index contributed by atoms with van der Waals surface area (Å²) in [6.07, 6.45) is 0.948. The topological polar surface area (TPSA) is 136 Å². The van der Waals surface area contributed by atoms with Crippen LogP contribution in [0.4, 0.5) is 5.69 Å². The van der Waals surface area contributed by atoms with Crippen molar-refractivity contribution in [1.29, 1.82) is 0 Å². The standard InChI is InChI=1S/C23H27N3O6S/c1-15-4-3-5-18(12-15)25-33(30,31)19-7-6-16(2)20(13-19)23(29)32-14-21(27)26-10-8-17(9-11-26)22(24)28/h3-7,12-13,17,25H,8-11,14H2,1-2H3,(H2,24,28). The molecule has 1 fully saturated rings. The van der Waals surface area contributed by atoms with Crippen molar-refractivity contribution in [2.75, 3.05) is 24.4 Å². The first-order chi connectivity index (χ1) is 15.6. The highest BCUT2D eigenvalue weighted by atomic mass is 32.2. The molecule has 1 aliphatic rings. The third-order valence-electron chi connectivity index (χ3n) is 5.59. The van der Waals surface area contributed by atoms with Gasteiger partial charge >= 0.3 is 5.97 Å². The third kappa shape index (κ3) is 6.10. The minimum absolute atomic E-state index is 0.0577. The highest BCUT2D eigenvalue weighted by molar-refractivity contribution is 7.92. The van der Waals surface area contributed by atoms with Crippen LogP contribution in [0, 0.1) is 19.8 Å². The van der Waals surface area contributed by atoms with Crippen LogP contribution in [0.1, 0.15) is 34.3 Å². The van der Waals surface area contributed by atoms with Crippen molar-refractivity contribution >= 4 is 33.5 Å². The number of carbonyl (C=O) groups is 3. The lowest BCUT2D eigenvalue weighted by molar-refractivity contribution is -0.137. The molecule has 2 aromatic carbocycles. The van der Waals surface area contributed by atoms with Crippen LogP contribution in [0.2, 0.25) is 0 Å². The molecule has 176 valence electrons. The lowest BCUT2D eigenvalue weighted by atomic mass is 9.96. The van der Waals surface area contributed by atoms with Gasteiger partial charge in [0.05, 0.1) is 10.5 Å². The van der Waals surface area contributed by atoms with Gasteiger partial charge in [-0.25, -0.2) is 13.2 Å². The van der Waals surface area contributed by atoms with Crippen molar-refractivity contribution in [1.82, 2.24) is 4.90 Å². The van der Waals surface area contributed by atoms with Gasteiger partial charge in [0, 0.05) is 24.7 Å². The number of nitrogens with one attached hydrogen (secondary N) is 1. The number of benzene rings is 2. The molecule has 0 radical (unpaired) electrons. The fraction of sp³-hybridized carbons (Fsp3) is 0.348. The van der Waals surface area contributed by atoms with Gasteiger partial charge in [-0.15, -0.1) is 0 Å². The first-order valence-corrected chi connectivity index (χ1v) is 12.0. The molecule has 0 atom stereocenters. The molecule has 0 saturated carbocycles. The van der Waals surface area contributed by atoms with Crippen molar-refractivity contribution in [2.45, 2.75) is 31.6 Å². The van der Waals surface area contributed by atoms with Crippen LogP contribution in [0.3, 0.4) is 0 Å². The predicted octanol–water partition coefficient (Wildman–Crippen LogP) is 1.98. The van der Waals surface area contributed by atoms with E-state index in [-0.39, 0.29) is 28.2 Å². The van der Waals surface area contributed by atoms with E-state index >= 15 is 0 Å². The van der Waals surface area contributed by atoms with Gasteiger partial charge in [-0.05, 0) is 62.1 Å². The Morgan fingerprint density at radius 1 is 1.09 bits per heavy atom. The van der Waals surface area contributed by atoms with Crippen molar-refractivity contribution in [3.8, 4) is 0 Å². The maximum atomic E-state index is 12.8. The largest absolute Gasteiger partial charge is 0.452 e.